The van der Waals surface area contributed by atoms with Crippen LogP contribution in [0.2, 0.25) is 0 Å². The van der Waals surface area contributed by atoms with Crippen molar-refractivity contribution in [1.82, 2.24) is 0 Å². The van der Waals surface area contributed by atoms with Gasteiger partial charge in [-0.15, -0.1) is 0 Å². The van der Waals surface area contributed by atoms with Crippen molar-refractivity contribution in [2.45, 2.75) is 170 Å². The van der Waals surface area contributed by atoms with Crippen molar-refractivity contribution in [2.24, 2.45) is 34.5 Å². The van der Waals surface area contributed by atoms with Crippen molar-refractivity contribution in [3.63, 3.8) is 0 Å². The summed E-state index contributed by atoms with van der Waals surface area (Å²) in [5.74, 6) is 3.69. The number of quaternary nitrogens is 2. The first-order valence-electron chi connectivity index (χ1n) is 18.3. The Hall–Kier alpha value is 0.880. The first kappa shape index (κ1) is 42.9. The van der Waals surface area contributed by atoms with Gasteiger partial charge in [-0.25, -0.2) is 0 Å². The third kappa shape index (κ3) is 11.9. The normalized spacial score (nSPS) is 32.0. The summed E-state index contributed by atoms with van der Waals surface area (Å²) in [4.78, 5) is 0. The number of hydrogen-bond acceptors (Lipinski definition) is 0. The smallest absolute Gasteiger partial charge is 0.0857 e. The molecule has 0 heterocycles. The van der Waals surface area contributed by atoms with E-state index in [0.29, 0.717) is 10.8 Å². The summed E-state index contributed by atoms with van der Waals surface area (Å²) in [5.41, 5.74) is 1.17. The van der Waals surface area contributed by atoms with Gasteiger partial charge in [0.1, 0.15) is 0 Å². The van der Waals surface area contributed by atoms with Crippen LogP contribution >= 0.6 is 0 Å². The van der Waals surface area contributed by atoms with E-state index in [9.17, 15) is 0 Å². The molecule has 0 amide bonds. The topological polar surface area (TPSA) is 0 Å². The molecule has 254 valence electrons. The maximum atomic E-state index is 2.60. The lowest BCUT2D eigenvalue weighted by molar-refractivity contribution is -0.914. The molecule has 0 spiro atoms. The first-order valence-corrected chi connectivity index (χ1v) is 18.3. The van der Waals surface area contributed by atoms with Crippen molar-refractivity contribution in [3.8, 4) is 0 Å². The SMILES string of the molecule is CCC1(C)CCCC(C)C1CCC(C)[N+](C)(C)CCCCCC[N+](C)(C)C(C)CCC1C(C)CCCC1(C)CC.[Br-].[Br-]. The Balaban J connectivity index is 0.00000840. The molecule has 0 radical (unpaired) electrons. The summed E-state index contributed by atoms with van der Waals surface area (Å²) in [6.07, 6.45) is 22.7. The molecular weight excluding hydrogens is 644 g/mol. The second-order valence-electron chi connectivity index (χ2n) is 17.2. The van der Waals surface area contributed by atoms with Gasteiger partial charge >= 0.3 is 0 Å². The molecule has 2 rings (SSSR count). The molecule has 4 heteroatoms. The molecule has 0 aliphatic heterocycles. The molecule has 0 aromatic heterocycles. The van der Waals surface area contributed by atoms with E-state index in [1.54, 1.807) is 0 Å². The van der Waals surface area contributed by atoms with Crippen LogP contribution in [-0.2, 0) is 0 Å². The Morgan fingerprint density at radius 2 is 0.952 bits per heavy atom. The van der Waals surface area contributed by atoms with Crippen LogP contribution in [0.5, 0.6) is 0 Å². The maximum absolute atomic E-state index is 2.60. The summed E-state index contributed by atoms with van der Waals surface area (Å²) in [7, 11) is 10.0. The monoisotopic (exact) mass is 720 g/mol. The lowest BCUT2D eigenvalue weighted by Crippen LogP contribution is -3.00. The maximum Gasteiger partial charge on any atom is 0.0857 e. The zero-order chi connectivity index (χ0) is 30.2. The number of rotatable bonds is 17. The third-order valence-electron chi connectivity index (χ3n) is 14.0. The van der Waals surface area contributed by atoms with Gasteiger partial charge in [0, 0.05) is 0 Å². The van der Waals surface area contributed by atoms with Gasteiger partial charge in [-0.2, -0.15) is 0 Å². The van der Waals surface area contributed by atoms with Crippen LogP contribution in [0.15, 0.2) is 0 Å². The van der Waals surface area contributed by atoms with Gasteiger partial charge < -0.3 is 42.9 Å². The van der Waals surface area contributed by atoms with E-state index in [1.165, 1.54) is 125 Å². The lowest BCUT2D eigenvalue weighted by atomic mass is 9.60. The molecule has 2 fully saturated rings. The molecule has 0 N–H and O–H groups in total. The molecule has 0 saturated heterocycles. The van der Waals surface area contributed by atoms with Gasteiger partial charge in [0.2, 0.25) is 0 Å². The van der Waals surface area contributed by atoms with E-state index in [1.807, 2.05) is 0 Å². The Bertz CT molecular complexity index is 664. The molecule has 2 aliphatic carbocycles. The molecule has 8 unspecified atom stereocenters. The van der Waals surface area contributed by atoms with Crippen LogP contribution < -0.4 is 34.0 Å². The minimum atomic E-state index is 0. The van der Waals surface area contributed by atoms with Crippen molar-refractivity contribution >= 4 is 0 Å². The highest BCUT2D eigenvalue weighted by atomic mass is 79.9. The fourth-order valence-corrected chi connectivity index (χ4v) is 9.32. The highest BCUT2D eigenvalue weighted by Gasteiger charge is 2.41. The molecule has 0 bridgehead atoms. The van der Waals surface area contributed by atoms with Crippen LogP contribution in [0, 0.1) is 34.5 Å². The summed E-state index contributed by atoms with van der Waals surface area (Å²) in [5, 5.41) is 0. The summed E-state index contributed by atoms with van der Waals surface area (Å²) in [6.45, 7) is 22.9. The highest BCUT2D eigenvalue weighted by Crippen LogP contribution is 2.50. The second-order valence-corrected chi connectivity index (χ2v) is 17.2. The Kier molecular flexibility index (Phi) is 19.3. The minimum Gasteiger partial charge on any atom is -1.00 e. The predicted octanol–water partition coefficient (Wildman–Crippen LogP) is 4.75. The Labute approximate surface area is 287 Å². The molecular formula is C38H78Br2N2. The average molecular weight is 723 g/mol. The molecule has 2 saturated carbocycles. The van der Waals surface area contributed by atoms with Gasteiger partial charge in [-0.1, -0.05) is 80.1 Å². The number of unbranched alkanes of at least 4 members (excludes halogenated alkanes) is 3. The van der Waals surface area contributed by atoms with E-state index in [4.69, 9.17) is 0 Å². The lowest BCUT2D eigenvalue weighted by Gasteiger charge is -2.46. The third-order valence-corrected chi connectivity index (χ3v) is 14.0. The standard InChI is InChI=1S/C38H78N2.2BrH/c1-13-37(7)27-19-21-31(3)35(37)25-23-33(5)39(9,10)29-17-15-16-18-30-40(11,12)34(6)24-26-36-32(4)22-20-28-38(36,8)14-2;;/h31-36H,13-30H2,1-12H3;2*1H/q+2;;/p-2. The number of hydrogen-bond donors (Lipinski definition) is 0. The molecule has 0 aromatic rings. The van der Waals surface area contributed by atoms with Crippen molar-refractivity contribution in [2.75, 3.05) is 41.3 Å². The average Bonchev–Trinajstić information content (AvgIpc) is 2.89. The van der Waals surface area contributed by atoms with E-state index in [0.717, 1.165) is 35.8 Å². The summed E-state index contributed by atoms with van der Waals surface area (Å²) in [6, 6.07) is 1.54. The fraction of sp³-hybridized carbons (Fsp3) is 1.00. The quantitative estimate of drug-likeness (QED) is 0.150. The van der Waals surface area contributed by atoms with Crippen LogP contribution in [0.1, 0.15) is 158 Å². The van der Waals surface area contributed by atoms with Crippen LogP contribution in [0.25, 0.3) is 0 Å². The van der Waals surface area contributed by atoms with Crippen LogP contribution in [-0.4, -0.2) is 62.3 Å². The largest absolute Gasteiger partial charge is 1.00 e. The van der Waals surface area contributed by atoms with Gasteiger partial charge in [0.15, 0.2) is 0 Å². The molecule has 8 atom stereocenters. The zero-order valence-electron chi connectivity index (χ0n) is 30.8. The van der Waals surface area contributed by atoms with E-state index in [2.05, 4.69) is 83.6 Å². The fourth-order valence-electron chi connectivity index (χ4n) is 9.32. The number of nitrogens with zero attached hydrogens (tertiary/aromatic N) is 2. The van der Waals surface area contributed by atoms with Gasteiger partial charge in [0.05, 0.1) is 53.4 Å². The van der Waals surface area contributed by atoms with Crippen molar-refractivity contribution in [3.05, 3.63) is 0 Å². The van der Waals surface area contributed by atoms with Crippen molar-refractivity contribution in [1.29, 1.82) is 0 Å². The summed E-state index contributed by atoms with van der Waals surface area (Å²) < 4.78 is 2.41. The minimum absolute atomic E-state index is 0. The van der Waals surface area contributed by atoms with Crippen molar-refractivity contribution < 1.29 is 42.9 Å². The van der Waals surface area contributed by atoms with Gasteiger partial charge in [-0.3, -0.25) is 0 Å². The first-order chi connectivity index (χ1) is 18.6. The van der Waals surface area contributed by atoms with E-state index in [-0.39, 0.29) is 34.0 Å². The van der Waals surface area contributed by atoms with Gasteiger partial charge in [-0.05, 0) is 113 Å². The predicted molar refractivity (Wildman–Crippen MR) is 180 cm³/mol. The van der Waals surface area contributed by atoms with Crippen LogP contribution in [0.3, 0.4) is 0 Å². The number of halogens is 2. The Morgan fingerprint density at radius 3 is 1.26 bits per heavy atom. The molecule has 2 aliphatic rings. The molecule has 2 nitrogen and oxygen atoms in total. The highest BCUT2D eigenvalue weighted by molar-refractivity contribution is 4.90. The summed E-state index contributed by atoms with van der Waals surface area (Å²) >= 11 is 0. The molecule has 42 heavy (non-hydrogen) atoms. The van der Waals surface area contributed by atoms with E-state index >= 15 is 0 Å². The zero-order valence-corrected chi connectivity index (χ0v) is 34.0. The van der Waals surface area contributed by atoms with E-state index < -0.39 is 0 Å². The second kappa shape index (κ2) is 18.9. The Morgan fingerprint density at radius 1 is 0.619 bits per heavy atom. The van der Waals surface area contributed by atoms with Gasteiger partial charge in [0.25, 0.3) is 0 Å². The molecule has 0 aromatic carbocycles. The van der Waals surface area contributed by atoms with Crippen LogP contribution in [0.4, 0.5) is 0 Å².